The molecule has 0 rings (SSSR count). The van der Waals surface area contributed by atoms with Crippen LogP contribution in [0.5, 0.6) is 0 Å². The van der Waals surface area contributed by atoms with E-state index >= 15 is 0 Å². The Morgan fingerprint density at radius 3 is 2.06 bits per heavy atom. The zero-order chi connectivity index (χ0) is 12.6. The van der Waals surface area contributed by atoms with Crippen molar-refractivity contribution in [3.63, 3.8) is 0 Å². The lowest BCUT2D eigenvalue weighted by molar-refractivity contribution is -0.116. The van der Waals surface area contributed by atoms with Crippen molar-refractivity contribution in [1.82, 2.24) is 10.6 Å². The molecule has 0 bridgehead atoms. The van der Waals surface area contributed by atoms with Gasteiger partial charge in [0.1, 0.15) is 0 Å². The number of aliphatic hydroxyl groups is 2. The van der Waals surface area contributed by atoms with Crippen LogP contribution in [0.1, 0.15) is 20.8 Å². The lowest BCUT2D eigenvalue weighted by atomic mass is 9.91. The van der Waals surface area contributed by atoms with Gasteiger partial charge >= 0.3 is 0 Å². The van der Waals surface area contributed by atoms with E-state index in [-0.39, 0.29) is 31.1 Å². The molecule has 0 saturated carbocycles. The molecule has 1 amide bonds. The predicted octanol–water partition coefficient (Wildman–Crippen LogP) is -0.393. The second-order valence-corrected chi connectivity index (χ2v) is 4.47. The fourth-order valence-corrected chi connectivity index (χ4v) is 1.08. The Labute approximate surface area is 96.5 Å². The molecule has 0 radical (unpaired) electrons. The number of carbonyl (C=O) groups is 1. The van der Waals surface area contributed by atoms with Crippen LogP contribution >= 0.6 is 0 Å². The van der Waals surface area contributed by atoms with E-state index in [1.54, 1.807) is 0 Å². The molecule has 4 N–H and O–H groups in total. The Morgan fingerprint density at radius 2 is 1.62 bits per heavy atom. The smallest absolute Gasteiger partial charge is 0.245 e. The number of hydrogen-bond donors (Lipinski definition) is 4. The van der Waals surface area contributed by atoms with Crippen LogP contribution in [-0.2, 0) is 4.79 Å². The largest absolute Gasteiger partial charge is 0.395 e. The maximum atomic E-state index is 11.4. The molecule has 0 aliphatic rings. The Morgan fingerprint density at radius 1 is 1.12 bits per heavy atom. The van der Waals surface area contributed by atoms with E-state index in [1.165, 1.54) is 6.08 Å². The summed E-state index contributed by atoms with van der Waals surface area (Å²) in [7, 11) is 0. The summed E-state index contributed by atoms with van der Waals surface area (Å²) in [5.41, 5.74) is 0.572. The molecule has 0 aromatic heterocycles. The van der Waals surface area contributed by atoms with Gasteiger partial charge in [0.25, 0.3) is 0 Å². The molecule has 0 aliphatic carbocycles. The Bertz CT molecular complexity index is 244. The summed E-state index contributed by atoms with van der Waals surface area (Å²) in [6.07, 6.45) is 1.46. The topological polar surface area (TPSA) is 81.6 Å². The molecule has 0 aromatic carbocycles. The predicted molar refractivity (Wildman–Crippen MR) is 62.7 cm³/mol. The van der Waals surface area contributed by atoms with E-state index in [1.807, 2.05) is 20.8 Å². The van der Waals surface area contributed by atoms with Crippen molar-refractivity contribution >= 4 is 5.91 Å². The number of rotatable bonds is 6. The van der Waals surface area contributed by atoms with Gasteiger partial charge in [-0.1, -0.05) is 20.8 Å². The standard InChI is InChI=1S/C11H22N2O3/c1-11(2,3)9(12-4-6-14)8-10(16)13-5-7-15/h8,12,14-15H,4-7H2,1-3H3,(H,13,16). The van der Waals surface area contributed by atoms with Crippen molar-refractivity contribution in [2.24, 2.45) is 5.41 Å². The molecular weight excluding hydrogens is 208 g/mol. The maximum absolute atomic E-state index is 11.4. The Hall–Kier alpha value is -1.07. The van der Waals surface area contributed by atoms with E-state index in [0.29, 0.717) is 6.54 Å². The molecule has 0 spiro atoms. The van der Waals surface area contributed by atoms with Crippen LogP contribution in [0.25, 0.3) is 0 Å². The molecular formula is C11H22N2O3. The molecule has 0 heterocycles. The summed E-state index contributed by atoms with van der Waals surface area (Å²) in [6, 6.07) is 0. The van der Waals surface area contributed by atoms with E-state index in [2.05, 4.69) is 10.6 Å². The van der Waals surface area contributed by atoms with Gasteiger partial charge in [-0.15, -0.1) is 0 Å². The van der Waals surface area contributed by atoms with Crippen LogP contribution in [0, 0.1) is 5.41 Å². The number of nitrogens with one attached hydrogen (secondary N) is 2. The first kappa shape index (κ1) is 14.9. The van der Waals surface area contributed by atoms with Gasteiger partial charge in [-0.05, 0) is 0 Å². The third kappa shape index (κ3) is 6.42. The molecule has 0 fully saturated rings. The lowest BCUT2D eigenvalue weighted by Crippen LogP contribution is -2.31. The van der Waals surface area contributed by atoms with Crippen molar-refractivity contribution in [2.75, 3.05) is 26.3 Å². The summed E-state index contributed by atoms with van der Waals surface area (Å²) >= 11 is 0. The quantitative estimate of drug-likeness (QED) is 0.468. The third-order valence-electron chi connectivity index (χ3n) is 1.92. The van der Waals surface area contributed by atoms with Gasteiger partial charge in [0.15, 0.2) is 0 Å². The summed E-state index contributed by atoms with van der Waals surface area (Å²) in [4.78, 5) is 11.4. The monoisotopic (exact) mass is 230 g/mol. The molecule has 0 aromatic rings. The van der Waals surface area contributed by atoms with Crippen molar-refractivity contribution in [1.29, 1.82) is 0 Å². The van der Waals surface area contributed by atoms with E-state index in [4.69, 9.17) is 10.2 Å². The minimum atomic E-state index is -0.246. The van der Waals surface area contributed by atoms with Gasteiger partial charge in [0, 0.05) is 30.3 Å². The number of amides is 1. The average Bonchev–Trinajstić information content (AvgIpc) is 2.19. The highest BCUT2D eigenvalue weighted by Gasteiger charge is 2.17. The molecule has 0 saturated heterocycles. The van der Waals surface area contributed by atoms with Crippen LogP contribution in [0.2, 0.25) is 0 Å². The fourth-order valence-electron chi connectivity index (χ4n) is 1.08. The first-order valence-electron chi connectivity index (χ1n) is 5.37. The highest BCUT2D eigenvalue weighted by molar-refractivity contribution is 5.88. The summed E-state index contributed by atoms with van der Waals surface area (Å²) in [5, 5.41) is 22.8. The second-order valence-electron chi connectivity index (χ2n) is 4.47. The van der Waals surface area contributed by atoms with Crippen molar-refractivity contribution in [3.05, 3.63) is 11.8 Å². The zero-order valence-corrected chi connectivity index (χ0v) is 10.2. The van der Waals surface area contributed by atoms with Gasteiger partial charge in [0.2, 0.25) is 5.91 Å². The summed E-state index contributed by atoms with van der Waals surface area (Å²) in [6.45, 7) is 6.52. The highest BCUT2D eigenvalue weighted by atomic mass is 16.3. The minimum Gasteiger partial charge on any atom is -0.395 e. The first-order valence-corrected chi connectivity index (χ1v) is 5.37. The zero-order valence-electron chi connectivity index (χ0n) is 10.2. The molecule has 16 heavy (non-hydrogen) atoms. The van der Waals surface area contributed by atoms with E-state index < -0.39 is 0 Å². The van der Waals surface area contributed by atoms with Crippen LogP contribution < -0.4 is 10.6 Å². The minimum absolute atomic E-state index is 0.0195. The molecule has 0 atom stereocenters. The number of allylic oxidation sites excluding steroid dienone is 1. The normalized spacial score (nSPS) is 12.4. The maximum Gasteiger partial charge on any atom is 0.245 e. The van der Waals surface area contributed by atoms with Crippen molar-refractivity contribution in [2.45, 2.75) is 20.8 Å². The van der Waals surface area contributed by atoms with Gasteiger partial charge < -0.3 is 20.8 Å². The van der Waals surface area contributed by atoms with E-state index in [0.717, 1.165) is 5.70 Å². The number of hydrogen-bond acceptors (Lipinski definition) is 4. The van der Waals surface area contributed by atoms with Crippen LogP contribution in [-0.4, -0.2) is 42.4 Å². The lowest BCUT2D eigenvalue weighted by Gasteiger charge is -2.24. The summed E-state index contributed by atoms with van der Waals surface area (Å²) in [5.74, 6) is -0.246. The Balaban J connectivity index is 4.49. The van der Waals surface area contributed by atoms with Crippen molar-refractivity contribution < 1.29 is 15.0 Å². The van der Waals surface area contributed by atoms with Crippen LogP contribution in [0.15, 0.2) is 11.8 Å². The van der Waals surface area contributed by atoms with Crippen molar-refractivity contribution in [3.8, 4) is 0 Å². The molecule has 0 aliphatic heterocycles. The van der Waals surface area contributed by atoms with E-state index in [9.17, 15) is 4.79 Å². The van der Waals surface area contributed by atoms with Gasteiger partial charge in [0.05, 0.1) is 13.2 Å². The SMILES string of the molecule is CC(C)(C)C(=CC(=O)NCCO)NCCO. The average molecular weight is 230 g/mol. The Kier molecular flexibility index (Phi) is 6.76. The highest BCUT2D eigenvalue weighted by Crippen LogP contribution is 2.22. The van der Waals surface area contributed by atoms with Gasteiger partial charge in [-0.25, -0.2) is 0 Å². The molecule has 5 nitrogen and oxygen atoms in total. The number of aliphatic hydroxyl groups excluding tert-OH is 2. The van der Waals surface area contributed by atoms with Gasteiger partial charge in [-0.3, -0.25) is 4.79 Å². The van der Waals surface area contributed by atoms with Gasteiger partial charge in [-0.2, -0.15) is 0 Å². The second kappa shape index (κ2) is 7.24. The molecule has 5 heteroatoms. The fraction of sp³-hybridized carbons (Fsp3) is 0.727. The molecule has 94 valence electrons. The number of carbonyl (C=O) groups excluding carboxylic acids is 1. The summed E-state index contributed by atoms with van der Waals surface area (Å²) < 4.78 is 0. The van der Waals surface area contributed by atoms with Crippen LogP contribution in [0.4, 0.5) is 0 Å². The molecule has 0 unspecified atom stereocenters. The first-order chi connectivity index (χ1) is 7.41. The third-order valence-corrected chi connectivity index (χ3v) is 1.92. The van der Waals surface area contributed by atoms with Crippen LogP contribution in [0.3, 0.4) is 0 Å².